The van der Waals surface area contributed by atoms with Gasteiger partial charge in [-0.15, -0.1) is 0 Å². The lowest BCUT2D eigenvalue weighted by Gasteiger charge is -2.18. The van der Waals surface area contributed by atoms with Crippen LogP contribution in [0.2, 0.25) is 0 Å². The van der Waals surface area contributed by atoms with E-state index in [0.29, 0.717) is 11.5 Å². The van der Waals surface area contributed by atoms with E-state index >= 15 is 0 Å². The van der Waals surface area contributed by atoms with Crippen molar-refractivity contribution in [2.45, 2.75) is 25.8 Å². The Kier molecular flexibility index (Phi) is 4.36. The highest BCUT2D eigenvalue weighted by molar-refractivity contribution is 5.43. The number of methoxy groups -OCH3 is 1. The van der Waals surface area contributed by atoms with Gasteiger partial charge in [-0.25, -0.2) is 0 Å². The summed E-state index contributed by atoms with van der Waals surface area (Å²) in [6, 6.07) is 7.72. The Morgan fingerprint density at radius 1 is 1.41 bits per heavy atom. The zero-order chi connectivity index (χ0) is 12.9. The second kappa shape index (κ2) is 5.55. The van der Waals surface area contributed by atoms with Crippen LogP contribution in [0.3, 0.4) is 0 Å². The third-order valence-corrected chi connectivity index (χ3v) is 2.42. The van der Waals surface area contributed by atoms with Crippen molar-refractivity contribution in [2.24, 2.45) is 5.73 Å². The molecule has 92 valence electrons. The van der Waals surface area contributed by atoms with Crippen molar-refractivity contribution in [1.82, 2.24) is 0 Å². The normalized spacial score (nSPS) is 13.6. The summed E-state index contributed by atoms with van der Waals surface area (Å²) in [7, 11) is 1.59. The number of ether oxygens (including phenoxy) is 2. The van der Waals surface area contributed by atoms with E-state index < -0.39 is 5.54 Å². The molecule has 0 aliphatic rings. The van der Waals surface area contributed by atoms with Crippen LogP contribution in [0.1, 0.15) is 19.4 Å². The van der Waals surface area contributed by atoms with Gasteiger partial charge in [0, 0.05) is 0 Å². The van der Waals surface area contributed by atoms with Crippen LogP contribution in [0.4, 0.5) is 0 Å². The number of nitrogens with zero attached hydrogens (tertiary/aromatic N) is 1. The van der Waals surface area contributed by atoms with Crippen molar-refractivity contribution in [3.05, 3.63) is 23.8 Å². The zero-order valence-electron chi connectivity index (χ0n) is 10.5. The van der Waals surface area contributed by atoms with Gasteiger partial charge in [-0.1, -0.05) is 13.0 Å². The first kappa shape index (κ1) is 13.3. The first-order valence-corrected chi connectivity index (χ1v) is 5.52. The van der Waals surface area contributed by atoms with E-state index in [4.69, 9.17) is 20.5 Å². The molecule has 0 bridgehead atoms. The van der Waals surface area contributed by atoms with Gasteiger partial charge in [-0.05, 0) is 31.0 Å². The Bertz CT molecular complexity index is 422. The Labute approximate surface area is 102 Å². The van der Waals surface area contributed by atoms with Gasteiger partial charge in [0.2, 0.25) is 0 Å². The molecular weight excluding hydrogens is 216 g/mol. The third kappa shape index (κ3) is 3.65. The van der Waals surface area contributed by atoms with Crippen molar-refractivity contribution in [3.8, 4) is 17.6 Å². The quantitative estimate of drug-likeness (QED) is 0.844. The molecule has 1 unspecified atom stereocenters. The van der Waals surface area contributed by atoms with Crippen LogP contribution < -0.4 is 15.2 Å². The van der Waals surface area contributed by atoms with Crippen LogP contribution in [0, 0.1) is 11.3 Å². The summed E-state index contributed by atoms with van der Waals surface area (Å²) in [4.78, 5) is 0. The zero-order valence-corrected chi connectivity index (χ0v) is 10.5. The third-order valence-electron chi connectivity index (χ3n) is 2.42. The van der Waals surface area contributed by atoms with E-state index in [2.05, 4.69) is 6.92 Å². The molecule has 0 saturated heterocycles. The molecule has 17 heavy (non-hydrogen) atoms. The summed E-state index contributed by atoms with van der Waals surface area (Å²) < 4.78 is 10.7. The fourth-order valence-corrected chi connectivity index (χ4v) is 1.31. The largest absolute Gasteiger partial charge is 0.493 e. The number of aryl methyl sites for hydroxylation is 1. The summed E-state index contributed by atoms with van der Waals surface area (Å²) in [5, 5.41) is 8.79. The van der Waals surface area contributed by atoms with Crippen LogP contribution in [-0.4, -0.2) is 19.3 Å². The molecule has 4 nitrogen and oxygen atoms in total. The Balaban J connectivity index is 2.81. The topological polar surface area (TPSA) is 68.3 Å². The molecule has 0 spiro atoms. The second-order valence-corrected chi connectivity index (χ2v) is 4.16. The lowest BCUT2D eigenvalue weighted by atomic mass is 10.1. The maximum atomic E-state index is 8.79. The highest BCUT2D eigenvalue weighted by Gasteiger charge is 2.19. The standard InChI is InChI=1S/C13H18N2O2/c1-4-10-5-6-11(12(7-10)16-3)17-9-13(2,15)8-14/h5-7H,4,9,15H2,1-3H3. The first-order valence-electron chi connectivity index (χ1n) is 5.52. The van der Waals surface area contributed by atoms with Crippen LogP contribution in [0.5, 0.6) is 11.5 Å². The molecule has 0 saturated carbocycles. The van der Waals surface area contributed by atoms with Gasteiger partial charge in [0.05, 0.1) is 13.2 Å². The number of nitrogens with two attached hydrogens (primary N) is 1. The van der Waals surface area contributed by atoms with Crippen LogP contribution in [-0.2, 0) is 6.42 Å². The Hall–Kier alpha value is -1.73. The van der Waals surface area contributed by atoms with E-state index in [0.717, 1.165) is 6.42 Å². The lowest BCUT2D eigenvalue weighted by molar-refractivity contribution is 0.251. The number of hydrogen-bond acceptors (Lipinski definition) is 4. The molecule has 0 heterocycles. The van der Waals surface area contributed by atoms with Crippen molar-refractivity contribution in [3.63, 3.8) is 0 Å². The molecule has 1 aromatic rings. The predicted molar refractivity (Wildman–Crippen MR) is 66.1 cm³/mol. The summed E-state index contributed by atoms with van der Waals surface area (Å²) in [5.41, 5.74) is 5.86. The van der Waals surface area contributed by atoms with Crippen molar-refractivity contribution < 1.29 is 9.47 Å². The summed E-state index contributed by atoms with van der Waals surface area (Å²) in [5.74, 6) is 1.27. The minimum Gasteiger partial charge on any atom is -0.493 e. The summed E-state index contributed by atoms with van der Waals surface area (Å²) in [6.07, 6.45) is 0.934. The monoisotopic (exact) mass is 234 g/mol. The fraction of sp³-hybridized carbons (Fsp3) is 0.462. The van der Waals surface area contributed by atoms with Gasteiger partial charge in [-0.2, -0.15) is 5.26 Å². The van der Waals surface area contributed by atoms with E-state index in [9.17, 15) is 0 Å². The number of rotatable bonds is 5. The number of nitriles is 1. The molecular formula is C13H18N2O2. The van der Waals surface area contributed by atoms with Gasteiger partial charge in [0.25, 0.3) is 0 Å². The molecule has 0 aliphatic carbocycles. The molecule has 0 aliphatic heterocycles. The molecule has 2 N–H and O–H groups in total. The molecule has 0 fully saturated rings. The van der Waals surface area contributed by atoms with Crippen molar-refractivity contribution in [1.29, 1.82) is 5.26 Å². The van der Waals surface area contributed by atoms with Gasteiger partial charge in [0.1, 0.15) is 12.1 Å². The molecule has 1 atom stereocenters. The van der Waals surface area contributed by atoms with Gasteiger partial charge in [-0.3, -0.25) is 0 Å². The smallest absolute Gasteiger partial charge is 0.161 e. The molecule has 1 aromatic carbocycles. The average Bonchev–Trinajstić information content (AvgIpc) is 2.36. The Morgan fingerprint density at radius 3 is 2.65 bits per heavy atom. The van der Waals surface area contributed by atoms with Gasteiger partial charge in [0.15, 0.2) is 11.5 Å². The van der Waals surface area contributed by atoms with E-state index in [1.54, 1.807) is 14.0 Å². The van der Waals surface area contributed by atoms with Crippen molar-refractivity contribution in [2.75, 3.05) is 13.7 Å². The minimum atomic E-state index is -0.992. The SMILES string of the molecule is CCc1ccc(OCC(C)(N)C#N)c(OC)c1. The number of hydrogen-bond donors (Lipinski definition) is 1. The summed E-state index contributed by atoms with van der Waals surface area (Å²) in [6.45, 7) is 3.83. The van der Waals surface area contributed by atoms with Gasteiger partial charge >= 0.3 is 0 Å². The van der Waals surface area contributed by atoms with Crippen LogP contribution >= 0.6 is 0 Å². The number of benzene rings is 1. The Morgan fingerprint density at radius 2 is 2.12 bits per heavy atom. The molecule has 0 amide bonds. The van der Waals surface area contributed by atoms with Gasteiger partial charge < -0.3 is 15.2 Å². The fourth-order valence-electron chi connectivity index (χ4n) is 1.31. The molecule has 0 aromatic heterocycles. The van der Waals surface area contributed by atoms with Crippen molar-refractivity contribution >= 4 is 0 Å². The average molecular weight is 234 g/mol. The molecule has 4 heteroatoms. The maximum Gasteiger partial charge on any atom is 0.161 e. The highest BCUT2D eigenvalue weighted by atomic mass is 16.5. The minimum absolute atomic E-state index is 0.130. The second-order valence-electron chi connectivity index (χ2n) is 4.16. The van der Waals surface area contributed by atoms with E-state index in [1.807, 2.05) is 24.3 Å². The van der Waals surface area contributed by atoms with E-state index in [1.165, 1.54) is 5.56 Å². The van der Waals surface area contributed by atoms with Crippen LogP contribution in [0.25, 0.3) is 0 Å². The summed E-state index contributed by atoms with van der Waals surface area (Å²) >= 11 is 0. The predicted octanol–water partition coefficient (Wildman–Crippen LogP) is 1.88. The molecule has 1 rings (SSSR count). The molecule has 0 radical (unpaired) electrons. The van der Waals surface area contributed by atoms with E-state index in [-0.39, 0.29) is 6.61 Å². The van der Waals surface area contributed by atoms with Crippen LogP contribution in [0.15, 0.2) is 18.2 Å². The lowest BCUT2D eigenvalue weighted by Crippen LogP contribution is -2.40. The highest BCUT2D eigenvalue weighted by Crippen LogP contribution is 2.28. The maximum absolute atomic E-state index is 8.79. The first-order chi connectivity index (χ1) is 8.02.